The fourth-order valence-electron chi connectivity index (χ4n) is 5.35. The average Bonchev–Trinajstić information content (AvgIpc) is 3.21. The SMILES string of the molecule is COc1cc([C@@]23C[C@]2(C(=O)Nc2cccc(C(F)(F)F)c2)[C@H]2C[C@H](O)[C@@H]3O2)ccn1. The Labute approximate surface area is 170 Å². The van der Waals surface area contributed by atoms with Crippen LogP contribution in [0.4, 0.5) is 18.9 Å². The summed E-state index contributed by atoms with van der Waals surface area (Å²) < 4.78 is 50.3. The van der Waals surface area contributed by atoms with E-state index in [0.29, 0.717) is 18.7 Å². The van der Waals surface area contributed by atoms with Crippen molar-refractivity contribution in [1.29, 1.82) is 0 Å². The fraction of sp³-hybridized carbons (Fsp3) is 0.429. The molecular weight excluding hydrogens is 401 g/mol. The van der Waals surface area contributed by atoms with E-state index >= 15 is 0 Å². The van der Waals surface area contributed by atoms with Crippen molar-refractivity contribution in [3.8, 4) is 5.88 Å². The molecule has 1 saturated carbocycles. The number of aliphatic hydroxyl groups excluding tert-OH is 1. The number of hydrogen-bond donors (Lipinski definition) is 2. The van der Waals surface area contributed by atoms with Gasteiger partial charge in [-0.2, -0.15) is 13.2 Å². The summed E-state index contributed by atoms with van der Waals surface area (Å²) in [7, 11) is 1.48. The number of anilines is 1. The number of amides is 1. The number of methoxy groups -OCH3 is 1. The molecule has 2 aromatic rings. The average molecular weight is 420 g/mol. The molecule has 2 bridgehead atoms. The molecule has 1 aromatic heterocycles. The number of hydrogen-bond acceptors (Lipinski definition) is 5. The topological polar surface area (TPSA) is 80.7 Å². The zero-order valence-electron chi connectivity index (χ0n) is 15.9. The van der Waals surface area contributed by atoms with Crippen LogP contribution in [-0.2, 0) is 21.1 Å². The second-order valence-electron chi connectivity index (χ2n) is 8.09. The molecule has 3 aliphatic rings. The van der Waals surface area contributed by atoms with Gasteiger partial charge in [-0.1, -0.05) is 6.07 Å². The Balaban J connectivity index is 1.50. The molecule has 158 valence electrons. The predicted molar refractivity (Wildman–Crippen MR) is 98.9 cm³/mol. The van der Waals surface area contributed by atoms with Crippen molar-refractivity contribution in [2.75, 3.05) is 12.4 Å². The molecule has 0 radical (unpaired) electrons. The van der Waals surface area contributed by atoms with Crippen molar-refractivity contribution in [3.05, 3.63) is 53.7 Å². The molecule has 5 atom stereocenters. The Hall–Kier alpha value is -2.65. The van der Waals surface area contributed by atoms with Crippen LogP contribution in [-0.4, -0.2) is 41.4 Å². The van der Waals surface area contributed by atoms with Crippen LogP contribution in [0.15, 0.2) is 42.6 Å². The van der Waals surface area contributed by atoms with Crippen molar-refractivity contribution in [2.45, 2.75) is 42.7 Å². The summed E-state index contributed by atoms with van der Waals surface area (Å²) in [5.41, 5.74) is -1.73. The lowest BCUT2D eigenvalue weighted by Crippen LogP contribution is -2.44. The van der Waals surface area contributed by atoms with E-state index in [4.69, 9.17) is 9.47 Å². The van der Waals surface area contributed by atoms with Crippen LogP contribution in [0.2, 0.25) is 0 Å². The quantitative estimate of drug-likeness (QED) is 0.795. The number of carbonyl (C=O) groups excluding carboxylic acids is 1. The third-order valence-electron chi connectivity index (χ3n) is 6.69. The molecule has 9 heteroatoms. The minimum atomic E-state index is -4.50. The van der Waals surface area contributed by atoms with Crippen molar-refractivity contribution in [3.63, 3.8) is 0 Å². The van der Waals surface area contributed by atoms with Crippen molar-refractivity contribution in [2.24, 2.45) is 5.41 Å². The third kappa shape index (κ3) is 2.45. The van der Waals surface area contributed by atoms with Gasteiger partial charge in [-0.05, 0) is 36.2 Å². The molecule has 6 nitrogen and oxygen atoms in total. The Bertz CT molecular complexity index is 1030. The van der Waals surface area contributed by atoms with E-state index in [1.165, 1.54) is 19.2 Å². The van der Waals surface area contributed by atoms with Gasteiger partial charge >= 0.3 is 6.18 Å². The van der Waals surface area contributed by atoms with E-state index in [1.54, 1.807) is 18.3 Å². The fourth-order valence-corrected chi connectivity index (χ4v) is 5.35. The van der Waals surface area contributed by atoms with Gasteiger partial charge in [-0.15, -0.1) is 0 Å². The zero-order valence-corrected chi connectivity index (χ0v) is 15.9. The highest BCUT2D eigenvalue weighted by Crippen LogP contribution is 2.77. The van der Waals surface area contributed by atoms with Gasteiger partial charge < -0.3 is 19.9 Å². The molecule has 3 heterocycles. The number of rotatable bonds is 4. The molecule has 0 spiro atoms. The zero-order chi connectivity index (χ0) is 21.3. The Morgan fingerprint density at radius 3 is 2.87 bits per heavy atom. The first-order chi connectivity index (χ1) is 14.2. The summed E-state index contributed by atoms with van der Waals surface area (Å²) in [6, 6.07) is 8.03. The smallest absolute Gasteiger partial charge is 0.416 e. The van der Waals surface area contributed by atoms with Gasteiger partial charge in [-0.3, -0.25) is 4.79 Å². The van der Waals surface area contributed by atoms with Crippen LogP contribution in [0, 0.1) is 5.41 Å². The lowest BCUT2D eigenvalue weighted by Gasteiger charge is -2.29. The predicted octanol–water partition coefficient (Wildman–Crippen LogP) is 2.91. The minimum absolute atomic E-state index is 0.0700. The second-order valence-corrected chi connectivity index (χ2v) is 8.09. The molecular formula is C21H19F3N2O4. The molecule has 2 aliphatic heterocycles. The van der Waals surface area contributed by atoms with Crippen molar-refractivity contribution in [1.82, 2.24) is 4.98 Å². The second kappa shape index (κ2) is 6.18. The monoisotopic (exact) mass is 420 g/mol. The van der Waals surface area contributed by atoms with Gasteiger partial charge in [0.1, 0.15) is 0 Å². The first-order valence-corrected chi connectivity index (χ1v) is 9.55. The van der Waals surface area contributed by atoms with Crippen molar-refractivity contribution < 1.29 is 32.5 Å². The number of aliphatic hydroxyl groups is 1. The van der Waals surface area contributed by atoms with Crippen LogP contribution in [0.3, 0.4) is 0 Å². The Morgan fingerprint density at radius 2 is 2.13 bits per heavy atom. The third-order valence-corrected chi connectivity index (χ3v) is 6.69. The summed E-state index contributed by atoms with van der Waals surface area (Å²) in [4.78, 5) is 17.5. The standard InChI is InChI=1S/C21H19F3N2O4/c1-29-16-8-11(5-6-25-16)19-10-20(19,15-9-14(27)17(19)30-15)18(28)26-13-4-2-3-12(7-13)21(22,23)24/h2-8,14-15,17,27H,9-10H2,1H3,(H,26,28)/t14-,15+,17-,19+,20+/m0/s1. The number of halogens is 3. The number of carbonyl (C=O) groups is 1. The number of nitrogens with one attached hydrogen (secondary N) is 1. The van der Waals surface area contributed by atoms with Crippen LogP contribution in [0.5, 0.6) is 5.88 Å². The summed E-state index contributed by atoms with van der Waals surface area (Å²) in [6.45, 7) is 0. The van der Waals surface area contributed by atoms with E-state index in [-0.39, 0.29) is 5.69 Å². The highest BCUT2D eigenvalue weighted by atomic mass is 19.4. The highest BCUT2D eigenvalue weighted by Gasteiger charge is 2.87. The van der Waals surface area contributed by atoms with Crippen LogP contribution < -0.4 is 10.1 Å². The first kappa shape index (κ1) is 19.3. The maximum atomic E-state index is 13.4. The maximum Gasteiger partial charge on any atom is 0.416 e. The number of alkyl halides is 3. The van der Waals surface area contributed by atoms with E-state index in [1.807, 2.05) is 0 Å². The van der Waals surface area contributed by atoms with Gasteiger partial charge in [-0.25, -0.2) is 4.98 Å². The lowest BCUT2D eigenvalue weighted by atomic mass is 9.74. The maximum absolute atomic E-state index is 13.4. The molecule has 1 aliphatic carbocycles. The van der Waals surface area contributed by atoms with Crippen LogP contribution in [0.25, 0.3) is 0 Å². The van der Waals surface area contributed by atoms with Gasteiger partial charge in [0.25, 0.3) is 0 Å². The lowest BCUT2D eigenvalue weighted by molar-refractivity contribution is -0.137. The summed E-state index contributed by atoms with van der Waals surface area (Å²) in [6.07, 6.45) is -3.99. The minimum Gasteiger partial charge on any atom is -0.481 e. The molecule has 5 rings (SSSR count). The van der Waals surface area contributed by atoms with E-state index in [2.05, 4.69) is 10.3 Å². The largest absolute Gasteiger partial charge is 0.481 e. The molecule has 2 saturated heterocycles. The van der Waals surface area contributed by atoms with Crippen LogP contribution in [0.1, 0.15) is 24.0 Å². The molecule has 1 aromatic carbocycles. The summed E-state index contributed by atoms with van der Waals surface area (Å²) >= 11 is 0. The molecule has 30 heavy (non-hydrogen) atoms. The summed E-state index contributed by atoms with van der Waals surface area (Å²) in [5, 5.41) is 13.1. The number of fused-ring (bicyclic) bond motifs is 5. The number of pyridine rings is 1. The number of aromatic nitrogens is 1. The van der Waals surface area contributed by atoms with E-state index in [9.17, 15) is 23.1 Å². The van der Waals surface area contributed by atoms with Crippen LogP contribution >= 0.6 is 0 Å². The van der Waals surface area contributed by atoms with Gasteiger partial charge in [0.15, 0.2) is 0 Å². The van der Waals surface area contributed by atoms with Gasteiger partial charge in [0.05, 0.1) is 36.4 Å². The van der Waals surface area contributed by atoms with Crippen molar-refractivity contribution >= 4 is 11.6 Å². The number of ether oxygens (including phenoxy) is 2. The Kier molecular flexibility index (Phi) is 3.98. The van der Waals surface area contributed by atoms with E-state index < -0.39 is 46.8 Å². The number of nitrogens with zero attached hydrogens (tertiary/aromatic N) is 1. The van der Waals surface area contributed by atoms with E-state index in [0.717, 1.165) is 17.7 Å². The first-order valence-electron chi connectivity index (χ1n) is 9.55. The molecule has 0 unspecified atom stereocenters. The molecule has 3 fully saturated rings. The Morgan fingerprint density at radius 1 is 1.33 bits per heavy atom. The summed E-state index contributed by atoms with van der Waals surface area (Å²) in [5.74, 6) is -0.0322. The molecule has 2 N–H and O–H groups in total. The normalized spacial score (nSPS) is 33.8. The highest BCUT2D eigenvalue weighted by molar-refractivity contribution is 6.01. The number of benzene rings is 1. The van der Waals surface area contributed by atoms with Gasteiger partial charge in [0.2, 0.25) is 11.8 Å². The molecule has 1 amide bonds. The van der Waals surface area contributed by atoms with Gasteiger partial charge in [0, 0.05) is 29.8 Å².